The third-order valence-electron chi connectivity index (χ3n) is 3.93. The van der Waals surface area contributed by atoms with Crippen LogP contribution >= 0.6 is 0 Å². The highest BCUT2D eigenvalue weighted by atomic mass is 16.5. The van der Waals surface area contributed by atoms with Crippen LogP contribution in [0.15, 0.2) is 67.3 Å². The Hall–Kier alpha value is -3.15. The summed E-state index contributed by atoms with van der Waals surface area (Å²) in [6.45, 7) is 3.73. The van der Waals surface area contributed by atoms with E-state index in [-0.39, 0.29) is 11.9 Å². The molecule has 0 spiro atoms. The summed E-state index contributed by atoms with van der Waals surface area (Å²) >= 11 is 0. The molecule has 1 heterocycles. The van der Waals surface area contributed by atoms with E-state index < -0.39 is 6.04 Å². The number of nitrogens with zero attached hydrogens (tertiary/aromatic N) is 3. The first-order valence-electron chi connectivity index (χ1n) is 8.11. The van der Waals surface area contributed by atoms with Crippen LogP contribution in [0.5, 0.6) is 11.5 Å². The fraction of sp³-hybridized carbons (Fsp3) is 0.211. The average molecular weight is 336 g/mol. The van der Waals surface area contributed by atoms with Crippen LogP contribution in [0.3, 0.4) is 0 Å². The lowest BCUT2D eigenvalue weighted by Gasteiger charge is -2.18. The van der Waals surface area contributed by atoms with Gasteiger partial charge in [0.15, 0.2) is 0 Å². The van der Waals surface area contributed by atoms with Crippen LogP contribution in [0.1, 0.15) is 31.5 Å². The second kappa shape index (κ2) is 7.61. The zero-order valence-corrected chi connectivity index (χ0v) is 14.2. The van der Waals surface area contributed by atoms with E-state index in [0.29, 0.717) is 0 Å². The molecule has 0 aliphatic carbocycles. The van der Waals surface area contributed by atoms with E-state index in [0.717, 1.165) is 17.1 Å². The number of carbonyl (C=O) groups excluding carboxylic acids is 1. The van der Waals surface area contributed by atoms with E-state index in [4.69, 9.17) is 4.74 Å². The number of benzene rings is 2. The van der Waals surface area contributed by atoms with Crippen molar-refractivity contribution in [2.75, 3.05) is 0 Å². The van der Waals surface area contributed by atoms with Crippen LogP contribution in [-0.4, -0.2) is 20.7 Å². The van der Waals surface area contributed by atoms with Crippen molar-refractivity contribution in [1.29, 1.82) is 0 Å². The SMILES string of the molecule is C[C@H](NC(=O)[C@H](C)n1cncn1)c1ccc(Oc2ccccc2)cc1. The normalized spacial score (nSPS) is 13.0. The van der Waals surface area contributed by atoms with Gasteiger partial charge in [-0.05, 0) is 43.7 Å². The summed E-state index contributed by atoms with van der Waals surface area (Å²) < 4.78 is 7.30. The Bertz CT molecular complexity index is 801. The maximum Gasteiger partial charge on any atom is 0.245 e. The minimum Gasteiger partial charge on any atom is -0.457 e. The molecule has 0 bridgehead atoms. The smallest absolute Gasteiger partial charge is 0.245 e. The van der Waals surface area contributed by atoms with Crippen LogP contribution in [0.4, 0.5) is 0 Å². The maximum atomic E-state index is 12.3. The molecule has 0 fully saturated rings. The van der Waals surface area contributed by atoms with Gasteiger partial charge in [0, 0.05) is 0 Å². The standard InChI is InChI=1S/C19H20N4O2/c1-14(22-19(24)15(2)23-13-20-12-21-23)16-8-10-18(11-9-16)25-17-6-4-3-5-7-17/h3-15H,1-2H3,(H,22,24)/t14-,15-/m0/s1. The third kappa shape index (κ3) is 4.23. The van der Waals surface area contributed by atoms with E-state index >= 15 is 0 Å². The highest BCUT2D eigenvalue weighted by molar-refractivity contribution is 5.80. The fourth-order valence-corrected chi connectivity index (χ4v) is 2.40. The number of hydrogen-bond donors (Lipinski definition) is 1. The Labute approximate surface area is 146 Å². The Morgan fingerprint density at radius 1 is 1.04 bits per heavy atom. The van der Waals surface area contributed by atoms with Crippen molar-refractivity contribution < 1.29 is 9.53 Å². The molecule has 6 heteroatoms. The number of ether oxygens (including phenoxy) is 1. The number of hydrogen-bond acceptors (Lipinski definition) is 4. The van der Waals surface area contributed by atoms with E-state index in [9.17, 15) is 4.79 Å². The minimum absolute atomic E-state index is 0.109. The van der Waals surface area contributed by atoms with Crippen molar-refractivity contribution in [3.05, 3.63) is 72.8 Å². The molecule has 0 radical (unpaired) electrons. The quantitative estimate of drug-likeness (QED) is 0.748. The molecule has 0 aliphatic rings. The molecule has 1 amide bonds. The highest BCUT2D eigenvalue weighted by Crippen LogP contribution is 2.23. The third-order valence-corrected chi connectivity index (χ3v) is 3.93. The Morgan fingerprint density at radius 2 is 1.72 bits per heavy atom. The molecule has 0 saturated carbocycles. The van der Waals surface area contributed by atoms with Crippen LogP contribution < -0.4 is 10.1 Å². The van der Waals surface area contributed by atoms with Crippen LogP contribution in [0.25, 0.3) is 0 Å². The summed E-state index contributed by atoms with van der Waals surface area (Å²) in [6, 6.07) is 16.8. The molecule has 0 unspecified atom stereocenters. The van der Waals surface area contributed by atoms with Gasteiger partial charge in [0.1, 0.15) is 30.2 Å². The van der Waals surface area contributed by atoms with Gasteiger partial charge >= 0.3 is 0 Å². The topological polar surface area (TPSA) is 69.0 Å². The molecule has 6 nitrogen and oxygen atoms in total. The van der Waals surface area contributed by atoms with Crippen molar-refractivity contribution in [3.63, 3.8) is 0 Å². The molecule has 128 valence electrons. The Morgan fingerprint density at radius 3 is 2.36 bits per heavy atom. The van der Waals surface area contributed by atoms with E-state index in [2.05, 4.69) is 15.4 Å². The Balaban J connectivity index is 1.60. The lowest BCUT2D eigenvalue weighted by molar-refractivity contribution is -0.124. The number of amides is 1. The first-order chi connectivity index (χ1) is 12.1. The van der Waals surface area contributed by atoms with Gasteiger partial charge in [0.25, 0.3) is 0 Å². The molecule has 3 aromatic rings. The van der Waals surface area contributed by atoms with Crippen LogP contribution in [-0.2, 0) is 4.79 Å². The summed E-state index contributed by atoms with van der Waals surface area (Å²) in [6.07, 6.45) is 2.95. The van der Waals surface area contributed by atoms with Gasteiger partial charge in [-0.25, -0.2) is 9.67 Å². The van der Waals surface area contributed by atoms with Crippen LogP contribution in [0.2, 0.25) is 0 Å². The molecule has 0 aliphatic heterocycles. The number of rotatable bonds is 6. The zero-order valence-electron chi connectivity index (χ0n) is 14.2. The number of nitrogens with one attached hydrogen (secondary N) is 1. The van der Waals surface area contributed by atoms with Crippen molar-refractivity contribution in [1.82, 2.24) is 20.1 Å². The molecule has 1 N–H and O–H groups in total. The van der Waals surface area contributed by atoms with Crippen molar-refractivity contribution in [2.24, 2.45) is 0 Å². The van der Waals surface area contributed by atoms with Crippen molar-refractivity contribution in [3.8, 4) is 11.5 Å². The minimum atomic E-state index is -0.411. The summed E-state index contributed by atoms with van der Waals surface area (Å²) in [4.78, 5) is 16.2. The van der Waals surface area contributed by atoms with E-state index in [1.165, 1.54) is 17.3 Å². The summed E-state index contributed by atoms with van der Waals surface area (Å²) in [5, 5.41) is 6.98. The molecule has 2 atom stereocenters. The van der Waals surface area contributed by atoms with Gasteiger partial charge in [-0.1, -0.05) is 30.3 Å². The van der Waals surface area contributed by atoms with Gasteiger partial charge in [0.2, 0.25) is 5.91 Å². The molecular weight excluding hydrogens is 316 g/mol. The van der Waals surface area contributed by atoms with E-state index in [1.54, 1.807) is 6.92 Å². The second-order valence-corrected chi connectivity index (χ2v) is 5.77. The number of aromatic nitrogens is 3. The maximum absolute atomic E-state index is 12.3. The second-order valence-electron chi connectivity index (χ2n) is 5.77. The number of carbonyl (C=O) groups is 1. The average Bonchev–Trinajstić information content (AvgIpc) is 3.17. The zero-order chi connectivity index (χ0) is 17.6. The van der Waals surface area contributed by atoms with Gasteiger partial charge in [-0.2, -0.15) is 5.10 Å². The van der Waals surface area contributed by atoms with Gasteiger partial charge in [-0.15, -0.1) is 0 Å². The van der Waals surface area contributed by atoms with Gasteiger partial charge in [-0.3, -0.25) is 4.79 Å². The molecule has 1 aromatic heterocycles. The lowest BCUT2D eigenvalue weighted by Crippen LogP contribution is -2.33. The highest BCUT2D eigenvalue weighted by Gasteiger charge is 2.18. The molecule has 3 rings (SSSR count). The first-order valence-corrected chi connectivity index (χ1v) is 8.11. The largest absolute Gasteiger partial charge is 0.457 e. The fourth-order valence-electron chi connectivity index (χ4n) is 2.40. The Kier molecular flexibility index (Phi) is 5.09. The molecule has 0 saturated heterocycles. The predicted octanol–water partition coefficient (Wildman–Crippen LogP) is 3.51. The van der Waals surface area contributed by atoms with Crippen LogP contribution in [0, 0.1) is 0 Å². The first kappa shape index (κ1) is 16.7. The predicted molar refractivity (Wildman–Crippen MR) is 94.2 cm³/mol. The summed E-state index contributed by atoms with van der Waals surface area (Å²) in [5.74, 6) is 1.44. The van der Waals surface area contributed by atoms with Crippen molar-refractivity contribution >= 4 is 5.91 Å². The summed E-state index contributed by atoms with van der Waals surface area (Å²) in [5.41, 5.74) is 1.000. The number of para-hydroxylation sites is 1. The van der Waals surface area contributed by atoms with E-state index in [1.807, 2.05) is 61.5 Å². The molecule has 2 aromatic carbocycles. The van der Waals surface area contributed by atoms with Crippen molar-refractivity contribution in [2.45, 2.75) is 25.9 Å². The summed E-state index contributed by atoms with van der Waals surface area (Å²) in [7, 11) is 0. The monoisotopic (exact) mass is 336 g/mol. The van der Waals surface area contributed by atoms with Gasteiger partial charge in [0.05, 0.1) is 6.04 Å². The molecule has 25 heavy (non-hydrogen) atoms. The van der Waals surface area contributed by atoms with Gasteiger partial charge < -0.3 is 10.1 Å². The molecular formula is C19H20N4O2. The lowest BCUT2D eigenvalue weighted by atomic mass is 10.1.